The van der Waals surface area contributed by atoms with Crippen LogP contribution < -0.4 is 0 Å². The van der Waals surface area contributed by atoms with Gasteiger partial charge in [-0.1, -0.05) is 12.8 Å². The zero-order valence-corrected chi connectivity index (χ0v) is 19.3. The molecule has 0 spiro atoms. The summed E-state index contributed by atoms with van der Waals surface area (Å²) in [7, 11) is 2.08. The number of nitrogens with zero attached hydrogens (tertiary/aromatic N) is 4. The average Bonchev–Trinajstić information content (AvgIpc) is 3.40. The Morgan fingerprint density at radius 3 is 2.53 bits per heavy atom. The second-order valence-electron chi connectivity index (χ2n) is 8.87. The standard InChI is InChI=1S/C24H31ClN4O/c1-15(2)29-22-11-10-18(13-21(22)26-24(29)25)23(30)28(20-8-6-7-9-20)14-19-12-16(3)27(5)17(19)4/h10-13,15,20H,6-9,14H2,1-5H3. The van der Waals surface area contributed by atoms with Crippen LogP contribution in [0.2, 0.25) is 5.28 Å². The third-order valence-electron chi connectivity index (χ3n) is 6.66. The number of imidazole rings is 1. The third kappa shape index (κ3) is 3.64. The van der Waals surface area contributed by atoms with Crippen LogP contribution in [0.1, 0.15) is 72.9 Å². The van der Waals surface area contributed by atoms with Gasteiger partial charge < -0.3 is 14.0 Å². The SMILES string of the molecule is Cc1cc(CN(C(=O)c2ccc3c(c2)nc(Cl)n3C(C)C)C2CCCC2)c(C)n1C. The van der Waals surface area contributed by atoms with Gasteiger partial charge in [-0.2, -0.15) is 0 Å². The number of rotatable bonds is 5. The quantitative estimate of drug-likeness (QED) is 0.516. The topological polar surface area (TPSA) is 43.1 Å². The number of halogens is 1. The summed E-state index contributed by atoms with van der Waals surface area (Å²) in [6.07, 6.45) is 4.53. The van der Waals surface area contributed by atoms with E-state index >= 15 is 0 Å². The summed E-state index contributed by atoms with van der Waals surface area (Å²) in [6, 6.07) is 8.51. The van der Waals surface area contributed by atoms with Crippen molar-refractivity contribution in [2.45, 2.75) is 72.0 Å². The maximum Gasteiger partial charge on any atom is 0.254 e. The highest BCUT2D eigenvalue weighted by Crippen LogP contribution is 2.30. The first-order valence-corrected chi connectivity index (χ1v) is 11.3. The Labute approximate surface area is 183 Å². The summed E-state index contributed by atoms with van der Waals surface area (Å²) in [5, 5.41) is 0.465. The van der Waals surface area contributed by atoms with Crippen molar-refractivity contribution in [3.8, 4) is 0 Å². The Hall–Kier alpha value is -2.27. The second kappa shape index (κ2) is 8.10. The molecule has 5 nitrogen and oxygen atoms in total. The molecule has 6 heteroatoms. The van der Waals surface area contributed by atoms with Crippen LogP contribution in [0.25, 0.3) is 11.0 Å². The van der Waals surface area contributed by atoms with Crippen LogP contribution in [0, 0.1) is 13.8 Å². The van der Waals surface area contributed by atoms with Crippen LogP contribution in [0.3, 0.4) is 0 Å². The first-order chi connectivity index (χ1) is 14.3. The molecule has 1 aromatic carbocycles. The zero-order chi connectivity index (χ0) is 21.6. The molecular weight excluding hydrogens is 396 g/mol. The van der Waals surface area contributed by atoms with Crippen molar-refractivity contribution in [3.63, 3.8) is 0 Å². The normalized spacial score (nSPS) is 14.9. The number of fused-ring (bicyclic) bond motifs is 1. The minimum atomic E-state index is 0.0833. The number of aryl methyl sites for hydroxylation is 1. The second-order valence-corrected chi connectivity index (χ2v) is 9.21. The molecule has 1 fully saturated rings. The van der Waals surface area contributed by atoms with E-state index in [1.165, 1.54) is 29.8 Å². The monoisotopic (exact) mass is 426 g/mol. The van der Waals surface area contributed by atoms with Crippen molar-refractivity contribution in [1.82, 2.24) is 19.0 Å². The van der Waals surface area contributed by atoms with Crippen molar-refractivity contribution in [2.75, 3.05) is 0 Å². The van der Waals surface area contributed by atoms with Crippen LogP contribution in [0.5, 0.6) is 0 Å². The molecule has 0 saturated heterocycles. The first kappa shape index (κ1) is 21.0. The summed E-state index contributed by atoms with van der Waals surface area (Å²) in [4.78, 5) is 20.2. The molecule has 160 valence electrons. The summed E-state index contributed by atoms with van der Waals surface area (Å²) in [5.74, 6) is 0.0833. The van der Waals surface area contributed by atoms with Gasteiger partial charge in [0, 0.05) is 42.6 Å². The molecular formula is C24H31ClN4O. The lowest BCUT2D eigenvalue weighted by atomic mass is 10.1. The first-order valence-electron chi connectivity index (χ1n) is 10.9. The predicted octanol–water partition coefficient (Wildman–Crippen LogP) is 5.81. The molecule has 0 radical (unpaired) electrons. The van der Waals surface area contributed by atoms with Crippen molar-refractivity contribution >= 4 is 28.5 Å². The Bertz CT molecular complexity index is 1090. The van der Waals surface area contributed by atoms with E-state index in [0.717, 1.165) is 23.9 Å². The van der Waals surface area contributed by atoms with Gasteiger partial charge in [-0.3, -0.25) is 4.79 Å². The van der Waals surface area contributed by atoms with E-state index in [1.807, 2.05) is 22.8 Å². The van der Waals surface area contributed by atoms with E-state index in [1.54, 1.807) is 0 Å². The number of amides is 1. The molecule has 0 aliphatic heterocycles. The minimum absolute atomic E-state index is 0.0833. The molecule has 0 unspecified atom stereocenters. The van der Waals surface area contributed by atoms with Gasteiger partial charge in [-0.15, -0.1) is 0 Å². The molecule has 0 bridgehead atoms. The molecule has 2 aromatic heterocycles. The average molecular weight is 427 g/mol. The predicted molar refractivity (Wildman–Crippen MR) is 122 cm³/mol. The molecule has 3 aromatic rings. The van der Waals surface area contributed by atoms with Gasteiger partial charge in [-0.05, 0) is 82.0 Å². The molecule has 0 atom stereocenters. The summed E-state index contributed by atoms with van der Waals surface area (Å²) in [5.41, 5.74) is 6.09. The molecule has 30 heavy (non-hydrogen) atoms. The van der Waals surface area contributed by atoms with Crippen LogP contribution in [-0.4, -0.2) is 31.0 Å². The van der Waals surface area contributed by atoms with E-state index in [9.17, 15) is 4.79 Å². The Morgan fingerprint density at radius 1 is 1.23 bits per heavy atom. The van der Waals surface area contributed by atoms with Gasteiger partial charge in [-0.25, -0.2) is 4.98 Å². The van der Waals surface area contributed by atoms with E-state index in [-0.39, 0.29) is 11.9 Å². The van der Waals surface area contributed by atoms with Crippen LogP contribution in [-0.2, 0) is 13.6 Å². The Balaban J connectivity index is 1.70. The summed E-state index contributed by atoms with van der Waals surface area (Å²) in [6.45, 7) is 9.06. The van der Waals surface area contributed by atoms with Crippen molar-refractivity contribution in [3.05, 3.63) is 52.1 Å². The molecule has 0 N–H and O–H groups in total. The maximum atomic E-state index is 13.7. The third-order valence-corrected chi connectivity index (χ3v) is 6.92. The Kier molecular flexibility index (Phi) is 5.67. The van der Waals surface area contributed by atoms with E-state index in [4.69, 9.17) is 11.6 Å². The minimum Gasteiger partial charge on any atom is -0.352 e. The summed E-state index contributed by atoms with van der Waals surface area (Å²) < 4.78 is 4.19. The van der Waals surface area contributed by atoms with Gasteiger partial charge >= 0.3 is 0 Å². The highest BCUT2D eigenvalue weighted by Gasteiger charge is 2.29. The molecule has 1 aliphatic rings. The van der Waals surface area contributed by atoms with Gasteiger partial charge in [0.25, 0.3) is 5.91 Å². The van der Waals surface area contributed by atoms with Crippen molar-refractivity contribution in [1.29, 1.82) is 0 Å². The Morgan fingerprint density at radius 2 is 1.93 bits per heavy atom. The number of carbonyl (C=O) groups is 1. The smallest absolute Gasteiger partial charge is 0.254 e. The summed E-state index contributed by atoms with van der Waals surface area (Å²) >= 11 is 6.36. The lowest BCUT2D eigenvalue weighted by Crippen LogP contribution is -2.38. The van der Waals surface area contributed by atoms with Crippen LogP contribution in [0.4, 0.5) is 0 Å². The van der Waals surface area contributed by atoms with E-state index in [0.29, 0.717) is 23.4 Å². The van der Waals surface area contributed by atoms with Gasteiger partial charge in [0.2, 0.25) is 5.28 Å². The lowest BCUT2D eigenvalue weighted by molar-refractivity contribution is 0.0664. The van der Waals surface area contributed by atoms with Gasteiger partial charge in [0.05, 0.1) is 11.0 Å². The van der Waals surface area contributed by atoms with Crippen molar-refractivity contribution in [2.24, 2.45) is 7.05 Å². The van der Waals surface area contributed by atoms with E-state index < -0.39 is 0 Å². The highest BCUT2D eigenvalue weighted by atomic mass is 35.5. The number of carbonyl (C=O) groups excluding carboxylic acids is 1. The molecule has 1 saturated carbocycles. The number of benzene rings is 1. The fourth-order valence-electron chi connectivity index (χ4n) is 4.72. The maximum absolute atomic E-state index is 13.7. The molecule has 2 heterocycles. The van der Waals surface area contributed by atoms with Gasteiger partial charge in [0.1, 0.15) is 0 Å². The molecule has 1 aliphatic carbocycles. The number of hydrogen-bond donors (Lipinski definition) is 0. The number of hydrogen-bond acceptors (Lipinski definition) is 2. The zero-order valence-electron chi connectivity index (χ0n) is 18.6. The van der Waals surface area contributed by atoms with E-state index in [2.05, 4.69) is 55.3 Å². The highest BCUT2D eigenvalue weighted by molar-refractivity contribution is 6.29. The molecule has 1 amide bonds. The number of aromatic nitrogens is 3. The fraction of sp³-hybridized carbons (Fsp3) is 0.500. The molecule has 4 rings (SSSR count). The van der Waals surface area contributed by atoms with Gasteiger partial charge in [0.15, 0.2) is 0 Å². The lowest BCUT2D eigenvalue weighted by Gasteiger charge is -2.29. The van der Waals surface area contributed by atoms with Crippen molar-refractivity contribution < 1.29 is 4.79 Å². The largest absolute Gasteiger partial charge is 0.352 e. The fourth-order valence-corrected chi connectivity index (χ4v) is 5.10. The van der Waals surface area contributed by atoms with Crippen LogP contribution in [0.15, 0.2) is 24.3 Å². The van der Waals surface area contributed by atoms with Crippen LogP contribution >= 0.6 is 11.6 Å².